The zero-order chi connectivity index (χ0) is 21.1. The lowest BCUT2D eigenvalue weighted by molar-refractivity contribution is 0.0602. The fourth-order valence-electron chi connectivity index (χ4n) is 4.62. The topological polar surface area (TPSA) is 85.8 Å². The predicted molar refractivity (Wildman–Crippen MR) is 112 cm³/mol. The van der Waals surface area contributed by atoms with E-state index in [0.717, 1.165) is 38.3 Å². The predicted octanol–water partition coefficient (Wildman–Crippen LogP) is 3.54. The number of ether oxygens (including phenoxy) is 2. The molecule has 1 amide bonds. The molecule has 3 fully saturated rings. The Labute approximate surface area is 179 Å². The van der Waals surface area contributed by atoms with Crippen LogP contribution in [-0.4, -0.2) is 57.0 Å². The number of carbonyl (C=O) groups is 1. The molecule has 0 aromatic carbocycles. The van der Waals surface area contributed by atoms with Crippen LogP contribution in [0.4, 0.5) is 4.79 Å². The minimum atomic E-state index is -3.23. The molecule has 0 N–H and O–H groups in total. The molecule has 0 unspecified atom stereocenters. The van der Waals surface area contributed by atoms with Gasteiger partial charge in [-0.05, 0) is 68.3 Å². The van der Waals surface area contributed by atoms with Crippen LogP contribution >= 0.6 is 0 Å². The van der Waals surface area contributed by atoms with Crippen LogP contribution in [-0.2, 0) is 14.6 Å². The van der Waals surface area contributed by atoms with Crippen molar-refractivity contribution in [3.63, 3.8) is 0 Å². The number of carbonyl (C=O) groups excluding carboxylic acids is 1. The summed E-state index contributed by atoms with van der Waals surface area (Å²) in [7, 11) is -3.23. The molecule has 3 aliphatic rings. The molecule has 1 aliphatic heterocycles. The summed E-state index contributed by atoms with van der Waals surface area (Å²) in [6.07, 6.45) is 10.4. The molecule has 0 bridgehead atoms. The fraction of sp³-hybridized carbons (Fsp3) is 0.727. The maximum Gasteiger partial charge on any atom is 0.409 e. The molecule has 8 heteroatoms. The highest BCUT2D eigenvalue weighted by atomic mass is 32.2. The van der Waals surface area contributed by atoms with Gasteiger partial charge in [0, 0.05) is 31.6 Å². The first-order valence-corrected chi connectivity index (χ1v) is 13.0. The van der Waals surface area contributed by atoms with E-state index >= 15 is 0 Å². The largest absolute Gasteiger partial charge is 0.478 e. The minimum absolute atomic E-state index is 0.129. The van der Waals surface area contributed by atoms with E-state index < -0.39 is 9.84 Å². The summed E-state index contributed by atoms with van der Waals surface area (Å²) >= 11 is 0. The molecular weight excluding hydrogens is 404 g/mol. The summed E-state index contributed by atoms with van der Waals surface area (Å²) < 4.78 is 34.1. The van der Waals surface area contributed by atoms with Crippen LogP contribution in [0.2, 0.25) is 0 Å². The zero-order valence-corrected chi connectivity index (χ0v) is 18.5. The second kappa shape index (κ2) is 9.12. The molecule has 2 aliphatic carbocycles. The highest BCUT2D eigenvalue weighted by Gasteiger charge is 2.43. The van der Waals surface area contributed by atoms with Gasteiger partial charge in [-0.25, -0.2) is 18.2 Å². The molecule has 0 radical (unpaired) electrons. The zero-order valence-electron chi connectivity index (χ0n) is 17.7. The van der Waals surface area contributed by atoms with E-state index in [1.807, 2.05) is 4.90 Å². The van der Waals surface area contributed by atoms with Gasteiger partial charge in [0.1, 0.15) is 0 Å². The lowest BCUT2D eigenvalue weighted by atomic mass is 9.86. The third-order valence-electron chi connectivity index (χ3n) is 6.92. The van der Waals surface area contributed by atoms with Crippen molar-refractivity contribution < 1.29 is 22.7 Å². The first-order chi connectivity index (χ1) is 14.4. The van der Waals surface area contributed by atoms with Gasteiger partial charge in [0.2, 0.25) is 5.88 Å². The number of amides is 1. The highest BCUT2D eigenvalue weighted by Crippen LogP contribution is 2.49. The molecule has 166 valence electrons. The summed E-state index contributed by atoms with van der Waals surface area (Å²) in [5.41, 5.74) is 0. The molecule has 2 atom stereocenters. The quantitative estimate of drug-likeness (QED) is 0.620. The Balaban J connectivity index is 1.11. The third kappa shape index (κ3) is 5.45. The van der Waals surface area contributed by atoms with Crippen molar-refractivity contribution in [3.8, 4) is 5.88 Å². The van der Waals surface area contributed by atoms with Crippen molar-refractivity contribution in [1.29, 1.82) is 0 Å². The molecular formula is C22H32N2O5S. The highest BCUT2D eigenvalue weighted by molar-refractivity contribution is 7.90. The Kier molecular flexibility index (Phi) is 6.51. The van der Waals surface area contributed by atoms with Crippen molar-refractivity contribution in [1.82, 2.24) is 9.88 Å². The number of pyridine rings is 1. The van der Waals surface area contributed by atoms with Crippen LogP contribution in [0, 0.1) is 23.7 Å². The number of nitrogens with zero attached hydrogens (tertiary/aromatic N) is 2. The van der Waals surface area contributed by atoms with Gasteiger partial charge in [-0.2, -0.15) is 0 Å². The SMILES string of the molecule is CS(=O)(=O)c1ccc(OCC[C@@H]2C[C@@H]2C2CCN(C(=O)OCC3CCC3)CC2)nc1. The Morgan fingerprint density at radius 1 is 1.20 bits per heavy atom. The molecule has 0 spiro atoms. The second-order valence-electron chi connectivity index (χ2n) is 9.10. The van der Waals surface area contributed by atoms with Gasteiger partial charge in [-0.15, -0.1) is 0 Å². The normalized spacial score (nSPS) is 24.9. The average Bonchev–Trinajstić information content (AvgIpc) is 3.46. The van der Waals surface area contributed by atoms with Crippen molar-refractivity contribution >= 4 is 15.9 Å². The first-order valence-electron chi connectivity index (χ1n) is 11.1. The third-order valence-corrected chi connectivity index (χ3v) is 8.02. The lowest BCUT2D eigenvalue weighted by Gasteiger charge is -2.33. The molecule has 1 saturated heterocycles. The Morgan fingerprint density at radius 3 is 2.57 bits per heavy atom. The Bertz CT molecular complexity index is 830. The minimum Gasteiger partial charge on any atom is -0.478 e. The van der Waals surface area contributed by atoms with Gasteiger partial charge in [0.15, 0.2) is 9.84 Å². The van der Waals surface area contributed by atoms with Crippen LogP contribution < -0.4 is 4.74 Å². The summed E-state index contributed by atoms with van der Waals surface area (Å²) in [5.74, 6) is 3.17. The van der Waals surface area contributed by atoms with Crippen molar-refractivity contribution in [2.24, 2.45) is 23.7 Å². The van der Waals surface area contributed by atoms with Crippen LogP contribution in [0.1, 0.15) is 44.9 Å². The number of hydrogen-bond donors (Lipinski definition) is 0. The fourth-order valence-corrected chi connectivity index (χ4v) is 5.18. The molecule has 30 heavy (non-hydrogen) atoms. The number of hydrogen-bond acceptors (Lipinski definition) is 6. The molecule has 4 rings (SSSR count). The number of likely N-dealkylation sites (tertiary alicyclic amines) is 1. The lowest BCUT2D eigenvalue weighted by Crippen LogP contribution is -2.40. The second-order valence-corrected chi connectivity index (χ2v) is 11.1. The van der Waals surface area contributed by atoms with Crippen LogP contribution in [0.3, 0.4) is 0 Å². The maximum absolute atomic E-state index is 12.2. The molecule has 7 nitrogen and oxygen atoms in total. The van der Waals surface area contributed by atoms with Crippen LogP contribution in [0.25, 0.3) is 0 Å². The van der Waals surface area contributed by atoms with E-state index in [2.05, 4.69) is 4.98 Å². The summed E-state index contributed by atoms with van der Waals surface area (Å²) in [5, 5.41) is 0. The maximum atomic E-state index is 12.2. The monoisotopic (exact) mass is 436 g/mol. The molecule has 1 aromatic rings. The summed E-state index contributed by atoms with van der Waals surface area (Å²) in [4.78, 5) is 18.4. The van der Waals surface area contributed by atoms with Crippen molar-refractivity contribution in [2.45, 2.75) is 49.8 Å². The molecule has 2 saturated carbocycles. The first kappa shape index (κ1) is 21.4. The van der Waals surface area contributed by atoms with Crippen LogP contribution in [0.15, 0.2) is 23.2 Å². The van der Waals surface area contributed by atoms with Gasteiger partial charge >= 0.3 is 6.09 Å². The van der Waals surface area contributed by atoms with E-state index in [9.17, 15) is 13.2 Å². The smallest absolute Gasteiger partial charge is 0.409 e. The van der Waals surface area contributed by atoms with E-state index in [1.165, 1.54) is 44.2 Å². The number of sulfone groups is 1. The van der Waals surface area contributed by atoms with Crippen LogP contribution in [0.5, 0.6) is 5.88 Å². The molecule has 1 aromatic heterocycles. The van der Waals surface area contributed by atoms with Gasteiger partial charge in [0.25, 0.3) is 0 Å². The summed E-state index contributed by atoms with van der Waals surface area (Å²) in [6, 6.07) is 3.14. The number of aromatic nitrogens is 1. The number of rotatable bonds is 8. The standard InChI is InChI=1S/C22H32N2O5S/c1-30(26,27)19-5-6-21(23-14-19)28-12-9-18-13-20(18)17-7-10-24(11-8-17)22(25)29-15-16-3-2-4-16/h5-6,14,16-18,20H,2-4,7-13,15H2,1H3/t18-,20-/m1/s1. The van der Waals surface area contributed by atoms with E-state index in [1.54, 1.807) is 6.07 Å². The number of piperidine rings is 1. The van der Waals surface area contributed by atoms with Gasteiger partial charge in [-0.1, -0.05) is 6.42 Å². The van der Waals surface area contributed by atoms with Crippen molar-refractivity contribution in [3.05, 3.63) is 18.3 Å². The molecule has 2 heterocycles. The van der Waals surface area contributed by atoms with Gasteiger partial charge < -0.3 is 14.4 Å². The summed E-state index contributed by atoms with van der Waals surface area (Å²) in [6.45, 7) is 2.81. The Hall–Kier alpha value is -1.83. The Morgan fingerprint density at radius 2 is 1.97 bits per heavy atom. The van der Waals surface area contributed by atoms with E-state index in [0.29, 0.717) is 36.8 Å². The van der Waals surface area contributed by atoms with Gasteiger partial charge in [-0.3, -0.25) is 0 Å². The van der Waals surface area contributed by atoms with E-state index in [-0.39, 0.29) is 11.0 Å². The average molecular weight is 437 g/mol. The van der Waals surface area contributed by atoms with E-state index in [4.69, 9.17) is 9.47 Å². The van der Waals surface area contributed by atoms with Crippen molar-refractivity contribution in [2.75, 3.05) is 32.6 Å². The van der Waals surface area contributed by atoms with Gasteiger partial charge in [0.05, 0.1) is 18.1 Å².